The lowest BCUT2D eigenvalue weighted by Gasteiger charge is -2.09. The summed E-state index contributed by atoms with van der Waals surface area (Å²) in [5.74, 6) is 1.61. The molecule has 0 amide bonds. The minimum absolute atomic E-state index is 0.676. The molecule has 6 heteroatoms. The van der Waals surface area contributed by atoms with Gasteiger partial charge in [-0.15, -0.1) is 0 Å². The Hall–Kier alpha value is -2.08. The van der Waals surface area contributed by atoms with Crippen molar-refractivity contribution < 1.29 is 4.74 Å². The average Bonchev–Trinajstić information content (AvgIpc) is 2.87. The van der Waals surface area contributed by atoms with Crippen LogP contribution in [0.15, 0.2) is 41.3 Å². The Morgan fingerprint density at radius 3 is 2.76 bits per heavy atom. The second kappa shape index (κ2) is 5.73. The Morgan fingerprint density at radius 2 is 2.05 bits per heavy atom. The molecule has 0 radical (unpaired) electrons. The van der Waals surface area contributed by atoms with Crippen molar-refractivity contribution in [1.29, 1.82) is 0 Å². The Labute approximate surface area is 131 Å². The summed E-state index contributed by atoms with van der Waals surface area (Å²) in [6, 6.07) is 7.94. The van der Waals surface area contributed by atoms with Crippen LogP contribution < -0.4 is 10.1 Å². The van der Waals surface area contributed by atoms with Gasteiger partial charge < -0.3 is 10.1 Å². The highest BCUT2D eigenvalue weighted by Crippen LogP contribution is 2.20. The van der Waals surface area contributed by atoms with Crippen molar-refractivity contribution in [2.75, 3.05) is 12.4 Å². The third-order valence-corrected chi connectivity index (χ3v) is 3.65. The number of imidazole rings is 1. The van der Waals surface area contributed by atoms with Gasteiger partial charge in [0.2, 0.25) is 0 Å². The van der Waals surface area contributed by atoms with Gasteiger partial charge in [0, 0.05) is 24.6 Å². The maximum atomic E-state index is 5.16. The number of hydrogen-bond donors (Lipinski definition) is 1. The highest BCUT2D eigenvalue weighted by Gasteiger charge is 2.08. The molecule has 2 aromatic heterocycles. The molecule has 3 rings (SSSR count). The van der Waals surface area contributed by atoms with Gasteiger partial charge in [-0.2, -0.15) is 0 Å². The molecule has 1 aromatic carbocycles. The number of methoxy groups -OCH3 is 1. The van der Waals surface area contributed by atoms with E-state index in [1.807, 2.05) is 48.0 Å². The maximum Gasteiger partial charge on any atom is 0.180 e. The van der Waals surface area contributed by atoms with Crippen molar-refractivity contribution in [3.8, 4) is 5.75 Å². The summed E-state index contributed by atoms with van der Waals surface area (Å²) in [6.45, 7) is 2.69. The lowest BCUT2D eigenvalue weighted by atomic mass is 10.2. The predicted molar refractivity (Wildman–Crippen MR) is 85.7 cm³/mol. The number of fused-ring (bicyclic) bond motifs is 1. The molecule has 0 spiro atoms. The Bertz CT molecular complexity index is 767. The molecule has 0 aliphatic carbocycles. The Morgan fingerprint density at radius 1 is 1.29 bits per heavy atom. The summed E-state index contributed by atoms with van der Waals surface area (Å²) in [5, 5.41) is 3.33. The molecule has 0 saturated heterocycles. The number of rotatable bonds is 4. The van der Waals surface area contributed by atoms with E-state index in [1.54, 1.807) is 7.11 Å². The van der Waals surface area contributed by atoms with Gasteiger partial charge in [0.05, 0.1) is 7.11 Å². The summed E-state index contributed by atoms with van der Waals surface area (Å²) < 4.78 is 7.93. The molecule has 0 fully saturated rings. The van der Waals surface area contributed by atoms with E-state index in [2.05, 4.69) is 31.2 Å². The molecule has 3 aromatic rings. The predicted octanol–water partition coefficient (Wildman–Crippen LogP) is 3.42. The topological polar surface area (TPSA) is 51.5 Å². The SMILES string of the molecule is COc1ccc(CNc2nc(Br)cn3c(C)cnc23)cc1. The normalized spacial score (nSPS) is 10.8. The van der Waals surface area contributed by atoms with Crippen LogP contribution in [0.4, 0.5) is 5.82 Å². The zero-order valence-corrected chi connectivity index (χ0v) is 13.4. The Kier molecular flexibility index (Phi) is 3.79. The second-order valence-corrected chi connectivity index (χ2v) is 5.52. The van der Waals surface area contributed by atoms with Crippen LogP contribution in [0.1, 0.15) is 11.3 Å². The largest absolute Gasteiger partial charge is 0.497 e. The van der Waals surface area contributed by atoms with E-state index in [4.69, 9.17) is 4.74 Å². The first-order valence-electron chi connectivity index (χ1n) is 6.54. The first-order chi connectivity index (χ1) is 10.2. The van der Waals surface area contributed by atoms with Crippen LogP contribution in [0.3, 0.4) is 0 Å². The fourth-order valence-corrected chi connectivity index (χ4v) is 2.51. The molecule has 0 aliphatic heterocycles. The molecule has 0 unspecified atom stereocenters. The number of nitrogens with zero attached hydrogens (tertiary/aromatic N) is 3. The minimum Gasteiger partial charge on any atom is -0.497 e. The van der Waals surface area contributed by atoms with Gasteiger partial charge in [-0.1, -0.05) is 12.1 Å². The van der Waals surface area contributed by atoms with Crippen LogP contribution in [0.25, 0.3) is 5.65 Å². The molecule has 108 valence electrons. The molecule has 5 nitrogen and oxygen atoms in total. The smallest absolute Gasteiger partial charge is 0.180 e. The van der Waals surface area contributed by atoms with Crippen LogP contribution in [0, 0.1) is 6.92 Å². The highest BCUT2D eigenvalue weighted by molar-refractivity contribution is 9.10. The quantitative estimate of drug-likeness (QED) is 0.786. The van der Waals surface area contributed by atoms with Crippen molar-refractivity contribution in [3.05, 3.63) is 52.5 Å². The van der Waals surface area contributed by atoms with E-state index in [-0.39, 0.29) is 0 Å². The van der Waals surface area contributed by atoms with Crippen molar-refractivity contribution >= 4 is 27.4 Å². The highest BCUT2D eigenvalue weighted by atomic mass is 79.9. The van der Waals surface area contributed by atoms with E-state index >= 15 is 0 Å². The number of anilines is 1. The van der Waals surface area contributed by atoms with Gasteiger partial charge in [0.25, 0.3) is 0 Å². The lowest BCUT2D eigenvalue weighted by molar-refractivity contribution is 0.414. The van der Waals surface area contributed by atoms with E-state index in [0.717, 1.165) is 33.1 Å². The monoisotopic (exact) mass is 346 g/mol. The van der Waals surface area contributed by atoms with Gasteiger partial charge in [-0.3, -0.25) is 4.40 Å². The number of hydrogen-bond acceptors (Lipinski definition) is 4. The van der Waals surface area contributed by atoms with Gasteiger partial charge in [0.1, 0.15) is 10.4 Å². The van der Waals surface area contributed by atoms with Gasteiger partial charge in [-0.25, -0.2) is 9.97 Å². The van der Waals surface area contributed by atoms with Crippen LogP contribution in [0.5, 0.6) is 5.75 Å². The number of halogens is 1. The van der Waals surface area contributed by atoms with Crippen molar-refractivity contribution in [1.82, 2.24) is 14.4 Å². The summed E-state index contributed by atoms with van der Waals surface area (Å²) >= 11 is 3.43. The van der Waals surface area contributed by atoms with Gasteiger partial charge in [0.15, 0.2) is 11.5 Å². The standard InChI is InChI=1S/C15H15BrN4O/c1-10-7-18-15-14(19-13(16)9-20(10)15)17-8-11-3-5-12(21-2)6-4-11/h3-7,9H,8H2,1-2H3,(H,17,19). The Balaban J connectivity index is 1.84. The van der Waals surface area contributed by atoms with Crippen LogP contribution >= 0.6 is 15.9 Å². The number of ether oxygens (including phenoxy) is 1. The van der Waals surface area contributed by atoms with E-state index in [0.29, 0.717) is 6.54 Å². The first kappa shape index (κ1) is 13.9. The van der Waals surface area contributed by atoms with Crippen LogP contribution in [-0.2, 0) is 6.54 Å². The van der Waals surface area contributed by atoms with Crippen molar-refractivity contribution in [3.63, 3.8) is 0 Å². The van der Waals surface area contributed by atoms with Crippen molar-refractivity contribution in [2.45, 2.75) is 13.5 Å². The molecule has 1 N–H and O–H groups in total. The number of nitrogens with one attached hydrogen (secondary N) is 1. The molecule has 0 saturated carbocycles. The molecule has 0 atom stereocenters. The number of aryl methyl sites for hydroxylation is 1. The third kappa shape index (κ3) is 2.85. The summed E-state index contributed by atoms with van der Waals surface area (Å²) in [4.78, 5) is 8.86. The van der Waals surface area contributed by atoms with E-state index < -0.39 is 0 Å². The molecule has 0 aliphatic rings. The summed E-state index contributed by atoms with van der Waals surface area (Å²) in [5.41, 5.74) is 3.05. The fraction of sp³-hybridized carbons (Fsp3) is 0.200. The van der Waals surface area contributed by atoms with Crippen LogP contribution in [-0.4, -0.2) is 21.5 Å². The minimum atomic E-state index is 0.676. The second-order valence-electron chi connectivity index (χ2n) is 4.71. The third-order valence-electron chi connectivity index (χ3n) is 3.27. The maximum absolute atomic E-state index is 5.16. The molecule has 2 heterocycles. The fourth-order valence-electron chi connectivity index (χ4n) is 2.12. The average molecular weight is 347 g/mol. The zero-order chi connectivity index (χ0) is 14.8. The molecular weight excluding hydrogens is 332 g/mol. The van der Waals surface area contributed by atoms with Crippen molar-refractivity contribution in [2.24, 2.45) is 0 Å². The number of aromatic nitrogens is 3. The molecule has 21 heavy (non-hydrogen) atoms. The lowest BCUT2D eigenvalue weighted by Crippen LogP contribution is -2.04. The molecular formula is C15H15BrN4O. The van der Waals surface area contributed by atoms with Gasteiger partial charge in [-0.05, 0) is 40.5 Å². The van der Waals surface area contributed by atoms with E-state index in [9.17, 15) is 0 Å². The number of benzene rings is 1. The van der Waals surface area contributed by atoms with Crippen LogP contribution in [0.2, 0.25) is 0 Å². The summed E-state index contributed by atoms with van der Waals surface area (Å²) in [6.07, 6.45) is 3.75. The van der Waals surface area contributed by atoms with Gasteiger partial charge >= 0.3 is 0 Å². The first-order valence-corrected chi connectivity index (χ1v) is 7.33. The zero-order valence-electron chi connectivity index (χ0n) is 11.8. The summed E-state index contributed by atoms with van der Waals surface area (Å²) in [7, 11) is 1.66. The van der Waals surface area contributed by atoms with E-state index in [1.165, 1.54) is 0 Å². The molecule has 0 bridgehead atoms.